The Kier molecular flexibility index (Phi) is 7.16. The number of para-hydroxylation sites is 1. The Bertz CT molecular complexity index is 1020. The van der Waals surface area contributed by atoms with Crippen molar-refractivity contribution < 1.29 is 18.7 Å². The number of anilines is 1. The Hall–Kier alpha value is -3.67. The van der Waals surface area contributed by atoms with Gasteiger partial charge in [-0.25, -0.2) is 4.39 Å². The summed E-state index contributed by atoms with van der Waals surface area (Å²) in [5.41, 5.74) is 2.43. The monoisotopic (exact) mass is 406 g/mol. The van der Waals surface area contributed by atoms with Crippen LogP contribution in [0.5, 0.6) is 5.75 Å². The summed E-state index contributed by atoms with van der Waals surface area (Å²) in [4.78, 5) is 25.0. The first kappa shape index (κ1) is 21.0. The quantitative estimate of drug-likeness (QED) is 0.595. The third-order valence-electron chi connectivity index (χ3n) is 4.57. The Morgan fingerprint density at radius 3 is 2.40 bits per heavy atom. The average Bonchev–Trinajstić information content (AvgIpc) is 2.75. The molecule has 3 aromatic carbocycles. The summed E-state index contributed by atoms with van der Waals surface area (Å²) in [5, 5.41) is 5.62. The summed E-state index contributed by atoms with van der Waals surface area (Å²) in [7, 11) is 1.38. The molecule has 0 radical (unpaired) electrons. The third kappa shape index (κ3) is 5.67. The molecule has 0 bridgehead atoms. The van der Waals surface area contributed by atoms with Crippen LogP contribution in [-0.2, 0) is 17.6 Å². The van der Waals surface area contributed by atoms with E-state index in [1.165, 1.54) is 19.2 Å². The van der Waals surface area contributed by atoms with Gasteiger partial charge >= 0.3 is 0 Å². The van der Waals surface area contributed by atoms with Gasteiger partial charge in [-0.1, -0.05) is 48.5 Å². The molecule has 0 saturated carbocycles. The van der Waals surface area contributed by atoms with Crippen molar-refractivity contribution in [2.24, 2.45) is 0 Å². The first-order chi connectivity index (χ1) is 14.6. The maximum atomic E-state index is 13.8. The molecule has 0 unspecified atom stereocenters. The minimum Gasteiger partial charge on any atom is -0.494 e. The lowest BCUT2D eigenvalue weighted by molar-refractivity contribution is -0.115. The van der Waals surface area contributed by atoms with Gasteiger partial charge in [-0.3, -0.25) is 9.59 Å². The highest BCUT2D eigenvalue weighted by Crippen LogP contribution is 2.19. The van der Waals surface area contributed by atoms with Crippen molar-refractivity contribution in [3.63, 3.8) is 0 Å². The van der Waals surface area contributed by atoms with Crippen molar-refractivity contribution in [3.05, 3.63) is 95.3 Å². The average molecular weight is 406 g/mol. The van der Waals surface area contributed by atoms with Crippen molar-refractivity contribution in [2.45, 2.75) is 12.8 Å². The molecule has 154 valence electrons. The highest BCUT2D eigenvalue weighted by molar-refractivity contribution is 6.04. The number of carbonyl (C=O) groups excluding carboxylic acids is 2. The molecule has 0 aromatic heterocycles. The molecule has 2 N–H and O–H groups in total. The predicted molar refractivity (Wildman–Crippen MR) is 114 cm³/mol. The van der Waals surface area contributed by atoms with E-state index in [1.54, 1.807) is 30.3 Å². The molecule has 3 aromatic rings. The Labute approximate surface area is 174 Å². The summed E-state index contributed by atoms with van der Waals surface area (Å²) in [6, 6.07) is 21.0. The zero-order valence-corrected chi connectivity index (χ0v) is 16.7. The van der Waals surface area contributed by atoms with Crippen LogP contribution in [0.4, 0.5) is 10.1 Å². The van der Waals surface area contributed by atoms with Crippen molar-refractivity contribution >= 4 is 17.5 Å². The topological polar surface area (TPSA) is 67.4 Å². The molecule has 0 aliphatic heterocycles. The minimum atomic E-state index is -0.527. The molecule has 0 spiro atoms. The van der Waals surface area contributed by atoms with E-state index < -0.39 is 5.82 Å². The molecule has 2 amide bonds. The highest BCUT2D eigenvalue weighted by atomic mass is 19.1. The van der Waals surface area contributed by atoms with Crippen LogP contribution >= 0.6 is 0 Å². The molecule has 0 heterocycles. The van der Waals surface area contributed by atoms with Gasteiger partial charge in [0.1, 0.15) is 0 Å². The summed E-state index contributed by atoms with van der Waals surface area (Å²) in [6.45, 7) is 0.482. The molecular formula is C24H23FN2O3. The maximum Gasteiger partial charge on any atom is 0.253 e. The van der Waals surface area contributed by atoms with Gasteiger partial charge in [-0.05, 0) is 41.8 Å². The molecular weight excluding hydrogens is 383 g/mol. The number of halogens is 1. The van der Waals surface area contributed by atoms with E-state index >= 15 is 0 Å². The van der Waals surface area contributed by atoms with Crippen LogP contribution in [0.2, 0.25) is 0 Å². The Morgan fingerprint density at radius 2 is 1.67 bits per heavy atom. The second-order valence-electron chi connectivity index (χ2n) is 6.73. The molecule has 0 saturated heterocycles. The smallest absolute Gasteiger partial charge is 0.253 e. The van der Waals surface area contributed by atoms with Crippen molar-refractivity contribution in [3.8, 4) is 5.75 Å². The number of rotatable bonds is 8. The zero-order valence-electron chi connectivity index (χ0n) is 16.7. The highest BCUT2D eigenvalue weighted by Gasteiger charge is 2.14. The van der Waals surface area contributed by atoms with Gasteiger partial charge in [0.15, 0.2) is 11.6 Å². The summed E-state index contributed by atoms with van der Waals surface area (Å²) in [6.07, 6.45) is 0.689. The molecule has 6 heteroatoms. The van der Waals surface area contributed by atoms with Gasteiger partial charge in [0.25, 0.3) is 5.91 Å². The Balaban J connectivity index is 1.60. The number of benzene rings is 3. The van der Waals surface area contributed by atoms with Gasteiger partial charge in [0, 0.05) is 6.54 Å². The van der Waals surface area contributed by atoms with Crippen LogP contribution in [0, 0.1) is 5.82 Å². The van der Waals surface area contributed by atoms with E-state index in [0.717, 1.165) is 5.56 Å². The van der Waals surface area contributed by atoms with Gasteiger partial charge in [-0.2, -0.15) is 0 Å². The second-order valence-corrected chi connectivity index (χ2v) is 6.73. The summed E-state index contributed by atoms with van der Waals surface area (Å²) < 4.78 is 18.7. The number of methoxy groups -OCH3 is 1. The van der Waals surface area contributed by atoms with E-state index in [0.29, 0.717) is 29.8 Å². The van der Waals surface area contributed by atoms with E-state index in [-0.39, 0.29) is 24.0 Å². The molecule has 3 rings (SSSR count). The lowest BCUT2D eigenvalue weighted by atomic mass is 10.1. The largest absolute Gasteiger partial charge is 0.494 e. The molecule has 0 aliphatic rings. The SMILES string of the molecule is COc1ccc(CC(=O)Nc2ccccc2C(=O)NCCc2ccccc2)cc1F. The fourth-order valence-electron chi connectivity index (χ4n) is 3.05. The molecule has 5 nitrogen and oxygen atoms in total. The van der Waals surface area contributed by atoms with Crippen molar-refractivity contribution in [1.82, 2.24) is 5.32 Å². The van der Waals surface area contributed by atoms with Crippen LogP contribution in [0.3, 0.4) is 0 Å². The number of amides is 2. The van der Waals surface area contributed by atoms with Gasteiger partial charge < -0.3 is 15.4 Å². The van der Waals surface area contributed by atoms with Gasteiger partial charge in [0.05, 0.1) is 24.8 Å². The van der Waals surface area contributed by atoms with Gasteiger partial charge in [-0.15, -0.1) is 0 Å². The maximum absolute atomic E-state index is 13.8. The van der Waals surface area contributed by atoms with Crippen LogP contribution in [-0.4, -0.2) is 25.5 Å². The fourth-order valence-corrected chi connectivity index (χ4v) is 3.05. The molecule has 0 fully saturated rings. The lowest BCUT2D eigenvalue weighted by Crippen LogP contribution is -2.27. The predicted octanol–water partition coefficient (Wildman–Crippen LogP) is 3.99. The summed E-state index contributed by atoms with van der Waals surface area (Å²) >= 11 is 0. The molecule has 30 heavy (non-hydrogen) atoms. The molecule has 0 aliphatic carbocycles. The standard InChI is InChI=1S/C24H23FN2O3/c1-30-22-12-11-18(15-20(22)25)16-23(28)27-21-10-6-5-9-19(21)24(29)26-14-13-17-7-3-2-4-8-17/h2-12,15H,13-14,16H2,1H3,(H,26,29)(H,27,28). The van der Waals surface area contributed by atoms with Crippen LogP contribution < -0.4 is 15.4 Å². The summed E-state index contributed by atoms with van der Waals surface area (Å²) in [5.74, 6) is -1.01. The van der Waals surface area contributed by atoms with Crippen LogP contribution in [0.1, 0.15) is 21.5 Å². The number of nitrogens with one attached hydrogen (secondary N) is 2. The zero-order chi connectivity index (χ0) is 21.3. The van der Waals surface area contributed by atoms with E-state index in [2.05, 4.69) is 10.6 Å². The normalized spacial score (nSPS) is 10.3. The third-order valence-corrected chi connectivity index (χ3v) is 4.57. The van der Waals surface area contributed by atoms with E-state index in [4.69, 9.17) is 4.74 Å². The van der Waals surface area contributed by atoms with Gasteiger partial charge in [0.2, 0.25) is 5.91 Å². The number of hydrogen-bond donors (Lipinski definition) is 2. The van der Waals surface area contributed by atoms with E-state index in [9.17, 15) is 14.0 Å². The number of carbonyl (C=O) groups is 2. The molecule has 0 atom stereocenters. The van der Waals surface area contributed by atoms with Crippen molar-refractivity contribution in [2.75, 3.05) is 19.0 Å². The van der Waals surface area contributed by atoms with E-state index in [1.807, 2.05) is 30.3 Å². The first-order valence-electron chi connectivity index (χ1n) is 9.60. The van der Waals surface area contributed by atoms with Crippen LogP contribution in [0.25, 0.3) is 0 Å². The minimum absolute atomic E-state index is 0.0229. The number of hydrogen-bond acceptors (Lipinski definition) is 3. The first-order valence-corrected chi connectivity index (χ1v) is 9.60. The lowest BCUT2D eigenvalue weighted by Gasteiger charge is -2.12. The number of ether oxygens (including phenoxy) is 1. The second kappa shape index (κ2) is 10.2. The fraction of sp³-hybridized carbons (Fsp3) is 0.167. The van der Waals surface area contributed by atoms with Crippen LogP contribution in [0.15, 0.2) is 72.8 Å². The Morgan fingerprint density at radius 1 is 0.933 bits per heavy atom. The van der Waals surface area contributed by atoms with Crippen molar-refractivity contribution in [1.29, 1.82) is 0 Å².